The van der Waals surface area contributed by atoms with Crippen molar-refractivity contribution >= 4 is 11.6 Å². The lowest BCUT2D eigenvalue weighted by Gasteiger charge is -2.11. The smallest absolute Gasteiger partial charge is 0.220 e. The Kier molecular flexibility index (Phi) is 7.93. The van der Waals surface area contributed by atoms with Crippen molar-refractivity contribution in [3.05, 3.63) is 23.5 Å². The number of hydrogen-bond acceptors (Lipinski definition) is 3. The van der Waals surface area contributed by atoms with Gasteiger partial charge in [0.15, 0.2) is 11.5 Å². The molecule has 0 aromatic heterocycles. The van der Waals surface area contributed by atoms with Gasteiger partial charge in [-0.15, -0.1) is 0 Å². The van der Waals surface area contributed by atoms with Crippen molar-refractivity contribution in [2.45, 2.75) is 64.7 Å². The molecule has 0 heterocycles. The SMILES string of the molecule is CCCCCCCCCCC1=CC(=O)C(OC)=CC1=O. The molecule has 0 fully saturated rings. The van der Waals surface area contributed by atoms with Crippen molar-refractivity contribution in [1.29, 1.82) is 0 Å². The Hall–Kier alpha value is -1.38. The van der Waals surface area contributed by atoms with E-state index in [0.29, 0.717) is 12.0 Å². The molecule has 0 N–H and O–H groups in total. The van der Waals surface area contributed by atoms with Crippen LogP contribution in [0, 0.1) is 0 Å². The first-order valence-corrected chi connectivity index (χ1v) is 7.74. The van der Waals surface area contributed by atoms with Crippen molar-refractivity contribution in [3.63, 3.8) is 0 Å². The zero-order chi connectivity index (χ0) is 14.8. The molecular formula is C17H26O3. The first-order chi connectivity index (χ1) is 9.69. The quantitative estimate of drug-likeness (QED) is 0.446. The maximum Gasteiger partial charge on any atom is 0.220 e. The molecule has 0 aliphatic heterocycles. The van der Waals surface area contributed by atoms with E-state index in [-0.39, 0.29) is 17.3 Å². The molecule has 3 heteroatoms. The van der Waals surface area contributed by atoms with Gasteiger partial charge in [-0.2, -0.15) is 0 Å². The van der Waals surface area contributed by atoms with Crippen LogP contribution in [0.25, 0.3) is 0 Å². The second kappa shape index (κ2) is 9.51. The minimum absolute atomic E-state index is 0.0793. The molecule has 0 radical (unpaired) electrons. The molecule has 1 aliphatic carbocycles. The third-order valence-electron chi connectivity index (χ3n) is 3.65. The summed E-state index contributed by atoms with van der Waals surface area (Å²) in [6.07, 6.45) is 13.3. The maximum atomic E-state index is 11.8. The summed E-state index contributed by atoms with van der Waals surface area (Å²) in [6, 6.07) is 0. The lowest BCUT2D eigenvalue weighted by molar-refractivity contribution is -0.117. The summed E-state index contributed by atoms with van der Waals surface area (Å²) in [5.74, 6) is -0.124. The molecule has 112 valence electrons. The summed E-state index contributed by atoms with van der Waals surface area (Å²) in [5.41, 5.74) is 0.627. The Morgan fingerprint density at radius 3 is 2.05 bits per heavy atom. The van der Waals surface area contributed by atoms with Gasteiger partial charge in [0.2, 0.25) is 5.78 Å². The predicted octanol–water partition coefficient (Wildman–Crippen LogP) is 4.13. The van der Waals surface area contributed by atoms with Crippen LogP contribution in [0.5, 0.6) is 0 Å². The topological polar surface area (TPSA) is 43.4 Å². The van der Waals surface area contributed by atoms with Crippen molar-refractivity contribution in [2.24, 2.45) is 0 Å². The van der Waals surface area contributed by atoms with E-state index >= 15 is 0 Å². The molecule has 3 nitrogen and oxygen atoms in total. The normalized spacial score (nSPS) is 15.1. The lowest BCUT2D eigenvalue weighted by atomic mass is 9.96. The third-order valence-corrected chi connectivity index (χ3v) is 3.65. The van der Waals surface area contributed by atoms with Crippen LogP contribution >= 0.6 is 0 Å². The fourth-order valence-corrected chi connectivity index (χ4v) is 2.39. The second-order valence-corrected chi connectivity index (χ2v) is 5.34. The van der Waals surface area contributed by atoms with Crippen molar-refractivity contribution in [1.82, 2.24) is 0 Å². The Morgan fingerprint density at radius 2 is 1.45 bits per heavy atom. The van der Waals surface area contributed by atoms with Crippen LogP contribution in [0.2, 0.25) is 0 Å². The van der Waals surface area contributed by atoms with Gasteiger partial charge < -0.3 is 4.74 Å². The molecular weight excluding hydrogens is 252 g/mol. The van der Waals surface area contributed by atoms with Gasteiger partial charge >= 0.3 is 0 Å². The highest BCUT2D eigenvalue weighted by atomic mass is 16.5. The van der Waals surface area contributed by atoms with Gasteiger partial charge in [0.05, 0.1) is 7.11 Å². The Morgan fingerprint density at radius 1 is 0.850 bits per heavy atom. The third kappa shape index (κ3) is 5.72. The molecule has 0 amide bonds. The van der Waals surface area contributed by atoms with Crippen molar-refractivity contribution in [3.8, 4) is 0 Å². The summed E-state index contributed by atoms with van der Waals surface area (Å²) in [4.78, 5) is 23.4. The zero-order valence-corrected chi connectivity index (χ0v) is 12.7. The van der Waals surface area contributed by atoms with Crippen LogP contribution in [-0.2, 0) is 14.3 Å². The highest BCUT2D eigenvalue weighted by molar-refractivity contribution is 6.19. The Bertz CT molecular complexity index is 391. The highest BCUT2D eigenvalue weighted by Gasteiger charge is 2.19. The molecule has 0 aromatic rings. The molecule has 0 unspecified atom stereocenters. The van der Waals surface area contributed by atoms with E-state index in [1.807, 2.05) is 0 Å². The largest absolute Gasteiger partial charge is 0.493 e. The first kappa shape index (κ1) is 16.7. The number of ether oxygens (including phenoxy) is 1. The first-order valence-electron chi connectivity index (χ1n) is 7.74. The standard InChI is InChI=1S/C17H26O3/c1-3-4-5-6-7-8-9-10-11-14-12-16(19)17(20-2)13-15(14)18/h12-13H,3-11H2,1-2H3. The van der Waals surface area contributed by atoms with Crippen LogP contribution in [0.3, 0.4) is 0 Å². The van der Waals surface area contributed by atoms with Crippen LogP contribution < -0.4 is 0 Å². The van der Waals surface area contributed by atoms with Crippen molar-refractivity contribution in [2.75, 3.05) is 7.11 Å². The molecule has 0 spiro atoms. The van der Waals surface area contributed by atoms with Crippen LogP contribution in [-0.4, -0.2) is 18.7 Å². The predicted molar refractivity (Wildman–Crippen MR) is 80.4 cm³/mol. The van der Waals surface area contributed by atoms with Crippen molar-refractivity contribution < 1.29 is 14.3 Å². The number of ketones is 2. The molecule has 0 saturated carbocycles. The number of allylic oxidation sites excluding steroid dienone is 3. The van der Waals surface area contributed by atoms with Gasteiger partial charge in [0.25, 0.3) is 0 Å². The number of hydrogen-bond donors (Lipinski definition) is 0. The summed E-state index contributed by atoms with van der Waals surface area (Å²) in [7, 11) is 1.41. The molecule has 1 aliphatic rings. The van der Waals surface area contributed by atoms with Crippen LogP contribution in [0.1, 0.15) is 64.7 Å². The Labute approximate surface area is 122 Å². The molecule has 1 rings (SSSR count). The molecule has 0 saturated heterocycles. The van der Waals surface area contributed by atoms with E-state index in [9.17, 15) is 9.59 Å². The lowest BCUT2D eigenvalue weighted by Crippen LogP contribution is -2.14. The number of methoxy groups -OCH3 is 1. The monoisotopic (exact) mass is 278 g/mol. The van der Waals surface area contributed by atoms with Crippen LogP contribution in [0.15, 0.2) is 23.5 Å². The number of carbonyl (C=O) groups is 2. The van der Waals surface area contributed by atoms with E-state index < -0.39 is 0 Å². The van der Waals surface area contributed by atoms with Gasteiger partial charge in [-0.1, -0.05) is 51.9 Å². The summed E-state index contributed by atoms with van der Waals surface area (Å²) < 4.78 is 4.86. The molecule has 20 heavy (non-hydrogen) atoms. The van der Waals surface area contributed by atoms with E-state index in [2.05, 4.69) is 6.92 Å². The average Bonchev–Trinajstić information content (AvgIpc) is 2.44. The van der Waals surface area contributed by atoms with Gasteiger partial charge in [0.1, 0.15) is 0 Å². The minimum atomic E-state index is -0.193. The zero-order valence-electron chi connectivity index (χ0n) is 12.7. The minimum Gasteiger partial charge on any atom is -0.493 e. The van der Waals surface area contributed by atoms with E-state index in [1.165, 1.54) is 57.8 Å². The summed E-state index contributed by atoms with van der Waals surface area (Å²) >= 11 is 0. The fourth-order valence-electron chi connectivity index (χ4n) is 2.39. The van der Waals surface area contributed by atoms with Crippen LogP contribution in [0.4, 0.5) is 0 Å². The molecule has 0 aromatic carbocycles. The second-order valence-electron chi connectivity index (χ2n) is 5.34. The Balaban J connectivity index is 2.17. The molecule has 0 bridgehead atoms. The summed E-state index contributed by atoms with van der Waals surface area (Å²) in [5, 5.41) is 0. The van der Waals surface area contributed by atoms with Gasteiger partial charge in [-0.25, -0.2) is 0 Å². The number of rotatable bonds is 10. The maximum absolute atomic E-state index is 11.8. The fraction of sp³-hybridized carbons (Fsp3) is 0.647. The van der Waals surface area contributed by atoms with E-state index in [0.717, 1.165) is 12.8 Å². The average molecular weight is 278 g/mol. The summed E-state index contributed by atoms with van der Waals surface area (Å²) in [6.45, 7) is 2.22. The number of unbranched alkanes of at least 4 members (excludes halogenated alkanes) is 7. The van der Waals surface area contributed by atoms with E-state index in [1.54, 1.807) is 0 Å². The highest BCUT2D eigenvalue weighted by Crippen LogP contribution is 2.18. The van der Waals surface area contributed by atoms with E-state index in [4.69, 9.17) is 4.74 Å². The van der Waals surface area contributed by atoms with Gasteiger partial charge in [-0.3, -0.25) is 9.59 Å². The number of carbonyl (C=O) groups excluding carboxylic acids is 2. The molecule has 0 atom stereocenters. The van der Waals surface area contributed by atoms with Gasteiger partial charge in [-0.05, 0) is 18.9 Å². The van der Waals surface area contributed by atoms with Gasteiger partial charge in [0, 0.05) is 11.6 Å².